The molecule has 2 aromatic rings. The molecular weight excluding hydrogens is 390 g/mol. The van der Waals surface area contributed by atoms with Gasteiger partial charge in [0, 0.05) is 29.3 Å². The van der Waals surface area contributed by atoms with Crippen molar-refractivity contribution < 1.29 is 36.8 Å². The van der Waals surface area contributed by atoms with Gasteiger partial charge < -0.3 is 9.47 Å². The summed E-state index contributed by atoms with van der Waals surface area (Å²) in [6.45, 7) is -6.40. The zero-order chi connectivity index (χ0) is 20.7. The van der Waals surface area contributed by atoms with Crippen LogP contribution < -0.4 is 14.9 Å². The number of hydrogen-bond acceptors (Lipinski definition) is 6. The van der Waals surface area contributed by atoms with E-state index in [9.17, 15) is 32.5 Å². The fourth-order valence-corrected chi connectivity index (χ4v) is 1.98. The predicted molar refractivity (Wildman–Crippen MR) is 87.9 cm³/mol. The van der Waals surface area contributed by atoms with E-state index in [2.05, 4.69) is 20.0 Å². The first-order valence-corrected chi connectivity index (χ1v) is 7.38. The third-order valence-electron chi connectivity index (χ3n) is 3.12. The molecule has 0 heterocycles. The minimum atomic E-state index is -3.24. The number of benzene rings is 2. The fourth-order valence-electron chi connectivity index (χ4n) is 1.98. The third-order valence-corrected chi connectivity index (χ3v) is 3.12. The minimum absolute atomic E-state index is 0.0592. The smallest absolute Gasteiger partial charge is 0.387 e. The molecule has 28 heavy (non-hydrogen) atoms. The lowest BCUT2D eigenvalue weighted by molar-refractivity contribution is -0.384. The highest BCUT2D eigenvalue weighted by atomic mass is 19.3. The number of non-ortho nitro benzene ring substituents is 1. The highest BCUT2D eigenvalue weighted by molar-refractivity contribution is 5.95. The van der Waals surface area contributed by atoms with Crippen LogP contribution >= 0.6 is 0 Å². The number of carbonyl (C=O) groups excluding carboxylic acids is 1. The van der Waals surface area contributed by atoms with Crippen LogP contribution in [-0.4, -0.2) is 30.3 Å². The summed E-state index contributed by atoms with van der Waals surface area (Å²) < 4.78 is 57.7. The Morgan fingerprint density at radius 2 is 1.82 bits per heavy atom. The standard InChI is InChI=1S/C16H11F4N3O5/c17-15(18)27-12-5-4-10(13(7-12)28-16(19)20)8-21-22-14(24)9-2-1-3-11(6-9)23(25)26/h1-8,15-16H,(H,22,24)/b21-8-. The lowest BCUT2D eigenvalue weighted by atomic mass is 10.2. The van der Waals surface area contributed by atoms with Crippen molar-refractivity contribution in [1.82, 2.24) is 5.43 Å². The van der Waals surface area contributed by atoms with Gasteiger partial charge >= 0.3 is 13.2 Å². The molecule has 2 rings (SSSR count). The van der Waals surface area contributed by atoms with Gasteiger partial charge in [-0.2, -0.15) is 22.7 Å². The molecule has 148 valence electrons. The van der Waals surface area contributed by atoms with Gasteiger partial charge in [-0.15, -0.1) is 0 Å². The summed E-state index contributed by atoms with van der Waals surface area (Å²) in [7, 11) is 0. The van der Waals surface area contributed by atoms with E-state index in [1.54, 1.807) is 0 Å². The lowest BCUT2D eigenvalue weighted by Crippen LogP contribution is -2.17. The van der Waals surface area contributed by atoms with E-state index < -0.39 is 35.6 Å². The monoisotopic (exact) mass is 401 g/mol. The largest absolute Gasteiger partial charge is 0.435 e. The number of amides is 1. The maximum atomic E-state index is 12.5. The quantitative estimate of drug-likeness (QED) is 0.315. The summed E-state index contributed by atoms with van der Waals surface area (Å²) in [6, 6.07) is 7.80. The molecule has 12 heteroatoms. The van der Waals surface area contributed by atoms with Crippen LogP contribution in [0.3, 0.4) is 0 Å². The Kier molecular flexibility index (Phi) is 6.84. The first-order valence-electron chi connectivity index (χ1n) is 7.38. The van der Waals surface area contributed by atoms with Gasteiger partial charge in [-0.1, -0.05) is 6.07 Å². The SMILES string of the molecule is O=C(N/N=C\c1ccc(OC(F)F)cc1OC(F)F)c1cccc([N+](=O)[O-])c1. The maximum Gasteiger partial charge on any atom is 0.387 e. The van der Waals surface area contributed by atoms with Crippen LogP contribution in [-0.2, 0) is 0 Å². The van der Waals surface area contributed by atoms with E-state index in [1.165, 1.54) is 18.2 Å². The van der Waals surface area contributed by atoms with Crippen LogP contribution in [0.5, 0.6) is 11.5 Å². The molecule has 8 nitrogen and oxygen atoms in total. The molecule has 2 aromatic carbocycles. The van der Waals surface area contributed by atoms with E-state index in [0.29, 0.717) is 0 Å². The van der Waals surface area contributed by atoms with Crippen molar-refractivity contribution >= 4 is 17.8 Å². The number of alkyl halides is 4. The number of nitrogens with zero attached hydrogens (tertiary/aromatic N) is 2. The first-order chi connectivity index (χ1) is 13.3. The molecule has 0 atom stereocenters. The molecule has 0 aliphatic heterocycles. The van der Waals surface area contributed by atoms with Crippen molar-refractivity contribution in [1.29, 1.82) is 0 Å². The zero-order valence-electron chi connectivity index (χ0n) is 13.7. The Hall–Kier alpha value is -3.70. The van der Waals surface area contributed by atoms with Gasteiger partial charge in [-0.3, -0.25) is 14.9 Å². The number of hydrazone groups is 1. The molecule has 1 amide bonds. The molecule has 0 spiro atoms. The maximum absolute atomic E-state index is 12.5. The Morgan fingerprint density at radius 1 is 1.11 bits per heavy atom. The van der Waals surface area contributed by atoms with Gasteiger partial charge in [-0.05, 0) is 18.2 Å². The number of carbonyl (C=O) groups is 1. The second-order valence-corrected chi connectivity index (χ2v) is 4.96. The highest BCUT2D eigenvalue weighted by Gasteiger charge is 2.13. The van der Waals surface area contributed by atoms with Crippen molar-refractivity contribution in [2.24, 2.45) is 5.10 Å². The fraction of sp³-hybridized carbons (Fsp3) is 0.125. The topological polar surface area (TPSA) is 103 Å². The average molecular weight is 401 g/mol. The molecule has 0 fully saturated rings. The van der Waals surface area contributed by atoms with Gasteiger partial charge in [0.2, 0.25) is 0 Å². The molecule has 0 saturated carbocycles. The average Bonchev–Trinajstić information content (AvgIpc) is 2.62. The summed E-state index contributed by atoms with van der Waals surface area (Å²) in [4.78, 5) is 22.0. The van der Waals surface area contributed by atoms with Crippen molar-refractivity contribution in [3.8, 4) is 11.5 Å². The van der Waals surface area contributed by atoms with Crippen LogP contribution in [0.2, 0.25) is 0 Å². The molecule has 0 radical (unpaired) electrons. The summed E-state index contributed by atoms with van der Waals surface area (Å²) >= 11 is 0. The Bertz CT molecular complexity index is 892. The summed E-state index contributed by atoms with van der Waals surface area (Å²) in [5.74, 6) is -1.72. The molecule has 0 unspecified atom stereocenters. The molecular formula is C16H11F4N3O5. The number of nitro benzene ring substituents is 1. The minimum Gasteiger partial charge on any atom is -0.435 e. The number of nitrogens with one attached hydrogen (secondary N) is 1. The molecule has 1 N–H and O–H groups in total. The van der Waals surface area contributed by atoms with E-state index >= 15 is 0 Å². The van der Waals surface area contributed by atoms with E-state index in [0.717, 1.165) is 30.5 Å². The van der Waals surface area contributed by atoms with E-state index in [-0.39, 0.29) is 16.8 Å². The molecule has 0 aliphatic carbocycles. The van der Waals surface area contributed by atoms with Gasteiger partial charge in [0.1, 0.15) is 11.5 Å². The number of nitro groups is 1. The summed E-state index contributed by atoms with van der Waals surface area (Å²) in [5.41, 5.74) is 1.62. The van der Waals surface area contributed by atoms with Crippen molar-refractivity contribution in [2.45, 2.75) is 13.2 Å². The molecule has 0 bridgehead atoms. The Labute approximate surface area is 154 Å². The molecule has 0 aromatic heterocycles. The summed E-state index contributed by atoms with van der Waals surface area (Å²) in [6.07, 6.45) is 0.930. The number of hydrogen-bond donors (Lipinski definition) is 1. The first kappa shape index (κ1) is 20.6. The Morgan fingerprint density at radius 3 is 2.46 bits per heavy atom. The van der Waals surface area contributed by atoms with E-state index in [4.69, 9.17) is 0 Å². The van der Waals surface area contributed by atoms with Gasteiger partial charge in [0.15, 0.2) is 0 Å². The van der Waals surface area contributed by atoms with E-state index in [1.807, 2.05) is 0 Å². The second kappa shape index (κ2) is 9.30. The van der Waals surface area contributed by atoms with Crippen LogP contribution in [0.15, 0.2) is 47.6 Å². The second-order valence-electron chi connectivity index (χ2n) is 4.96. The molecule has 0 aliphatic rings. The van der Waals surface area contributed by atoms with Crippen molar-refractivity contribution in [2.75, 3.05) is 0 Å². The van der Waals surface area contributed by atoms with Crippen LogP contribution in [0.25, 0.3) is 0 Å². The van der Waals surface area contributed by atoms with Crippen LogP contribution in [0.1, 0.15) is 15.9 Å². The normalized spacial score (nSPS) is 11.1. The molecule has 0 saturated heterocycles. The van der Waals surface area contributed by atoms with Crippen LogP contribution in [0.4, 0.5) is 23.2 Å². The predicted octanol–water partition coefficient (Wildman–Crippen LogP) is 3.56. The van der Waals surface area contributed by atoms with Gasteiger partial charge in [0.25, 0.3) is 11.6 Å². The van der Waals surface area contributed by atoms with Crippen molar-refractivity contribution in [3.63, 3.8) is 0 Å². The van der Waals surface area contributed by atoms with Gasteiger partial charge in [-0.25, -0.2) is 5.43 Å². The zero-order valence-corrected chi connectivity index (χ0v) is 13.7. The summed E-state index contributed by atoms with van der Waals surface area (Å²) in [5, 5.41) is 14.2. The Balaban J connectivity index is 2.15. The number of halogens is 4. The lowest BCUT2D eigenvalue weighted by Gasteiger charge is -2.10. The number of ether oxygens (including phenoxy) is 2. The van der Waals surface area contributed by atoms with Gasteiger partial charge in [0.05, 0.1) is 11.1 Å². The highest BCUT2D eigenvalue weighted by Crippen LogP contribution is 2.26. The van der Waals surface area contributed by atoms with Crippen LogP contribution in [0, 0.1) is 10.1 Å². The number of rotatable bonds is 8. The van der Waals surface area contributed by atoms with Crippen molar-refractivity contribution in [3.05, 3.63) is 63.7 Å². The third kappa shape index (κ3) is 5.93.